The van der Waals surface area contributed by atoms with Gasteiger partial charge in [-0.3, -0.25) is 4.98 Å². The zero-order chi connectivity index (χ0) is 21.4. The maximum atomic E-state index is 11.9. The van der Waals surface area contributed by atoms with Crippen LogP contribution in [0.1, 0.15) is 43.4 Å². The summed E-state index contributed by atoms with van der Waals surface area (Å²) in [6.45, 7) is 0.184. The van der Waals surface area contributed by atoms with E-state index in [1.807, 2.05) is 30.3 Å². The molecule has 1 aromatic heterocycles. The Morgan fingerprint density at radius 2 is 1.93 bits per heavy atom. The second-order valence-electron chi connectivity index (χ2n) is 7.87. The second-order valence-corrected chi connectivity index (χ2v) is 7.87. The molecule has 1 aromatic carbocycles. The molecule has 1 fully saturated rings. The fourth-order valence-corrected chi connectivity index (χ4v) is 3.66. The van der Waals surface area contributed by atoms with Crippen molar-refractivity contribution in [2.24, 2.45) is 5.73 Å². The summed E-state index contributed by atoms with van der Waals surface area (Å²) in [5.41, 5.74) is 5.19. The van der Waals surface area contributed by atoms with E-state index in [4.69, 9.17) is 15.2 Å². The molecule has 0 amide bonds. The van der Waals surface area contributed by atoms with Crippen molar-refractivity contribution in [1.82, 2.24) is 4.98 Å². The van der Waals surface area contributed by atoms with Crippen molar-refractivity contribution in [3.05, 3.63) is 59.9 Å². The first-order chi connectivity index (χ1) is 14.5. The van der Waals surface area contributed by atoms with E-state index in [9.17, 15) is 15.0 Å². The molecule has 4 N–H and O–H groups in total. The van der Waals surface area contributed by atoms with E-state index in [-0.39, 0.29) is 25.7 Å². The zero-order valence-electron chi connectivity index (χ0n) is 17.1. The lowest BCUT2D eigenvalue weighted by Gasteiger charge is -2.29. The Morgan fingerprint density at radius 3 is 2.63 bits per heavy atom. The Morgan fingerprint density at radius 1 is 1.20 bits per heavy atom. The third-order valence-electron chi connectivity index (χ3n) is 5.49. The molecular weight excluding hydrogens is 384 g/mol. The van der Waals surface area contributed by atoms with Crippen LogP contribution in [0.5, 0.6) is 5.75 Å². The number of ether oxygens (including phenoxy) is 2. The molecule has 1 saturated carbocycles. The van der Waals surface area contributed by atoms with E-state index in [1.165, 1.54) is 6.42 Å². The number of aromatic nitrogens is 1. The smallest absolute Gasteiger partial charge is 0.337 e. The number of nitrogens with two attached hydrogens (primary N) is 1. The minimum absolute atomic E-state index is 0.101. The van der Waals surface area contributed by atoms with E-state index in [0.29, 0.717) is 11.4 Å². The van der Waals surface area contributed by atoms with Crippen LogP contribution in [0.15, 0.2) is 48.7 Å². The van der Waals surface area contributed by atoms with Crippen LogP contribution >= 0.6 is 0 Å². The van der Waals surface area contributed by atoms with Crippen LogP contribution in [-0.2, 0) is 22.6 Å². The number of aliphatic carboxylic acids is 1. The summed E-state index contributed by atoms with van der Waals surface area (Å²) in [6, 6.07) is 11.8. The van der Waals surface area contributed by atoms with Gasteiger partial charge in [0.15, 0.2) is 5.60 Å². The van der Waals surface area contributed by atoms with Crippen LogP contribution in [0, 0.1) is 0 Å². The molecule has 3 rings (SSSR count). The number of pyridine rings is 1. The Kier molecular flexibility index (Phi) is 7.79. The quantitative estimate of drug-likeness (QED) is 0.547. The molecule has 0 radical (unpaired) electrons. The highest BCUT2D eigenvalue weighted by Crippen LogP contribution is 2.25. The average Bonchev–Trinajstić information content (AvgIpc) is 2.75. The van der Waals surface area contributed by atoms with Crippen molar-refractivity contribution < 1.29 is 24.5 Å². The first kappa shape index (κ1) is 22.2. The molecule has 30 heavy (non-hydrogen) atoms. The highest BCUT2D eigenvalue weighted by molar-refractivity contribution is 5.78. The number of nitrogens with zero attached hydrogens (tertiary/aromatic N) is 1. The van der Waals surface area contributed by atoms with E-state index >= 15 is 0 Å². The van der Waals surface area contributed by atoms with Crippen molar-refractivity contribution in [2.75, 3.05) is 6.61 Å². The van der Waals surface area contributed by atoms with E-state index in [1.54, 1.807) is 18.3 Å². The average molecular weight is 415 g/mol. The maximum absolute atomic E-state index is 11.9. The summed E-state index contributed by atoms with van der Waals surface area (Å²) in [4.78, 5) is 16.1. The van der Waals surface area contributed by atoms with E-state index in [0.717, 1.165) is 31.2 Å². The Hall–Kier alpha value is -2.48. The topological polar surface area (TPSA) is 115 Å². The van der Waals surface area contributed by atoms with E-state index < -0.39 is 17.6 Å². The fourth-order valence-electron chi connectivity index (χ4n) is 3.66. The van der Waals surface area contributed by atoms with Crippen LogP contribution in [-0.4, -0.2) is 45.5 Å². The number of carbonyl (C=O) groups is 1. The molecule has 2 aromatic rings. The SMILES string of the molecule is N[C@@H](COCc1ccccc1)[C@](O)(Cc1cc(OC2CCCCC2)ccn1)C(=O)O. The number of aliphatic hydroxyl groups is 1. The van der Waals surface area contributed by atoms with Gasteiger partial charge in [0, 0.05) is 24.4 Å². The number of hydrogen-bond donors (Lipinski definition) is 3. The van der Waals surface area contributed by atoms with Gasteiger partial charge in [-0.2, -0.15) is 0 Å². The van der Waals surface area contributed by atoms with Crippen molar-refractivity contribution in [3.63, 3.8) is 0 Å². The molecule has 0 bridgehead atoms. The van der Waals surface area contributed by atoms with Gasteiger partial charge in [-0.1, -0.05) is 36.8 Å². The number of benzene rings is 1. The van der Waals surface area contributed by atoms with Gasteiger partial charge in [0.1, 0.15) is 5.75 Å². The first-order valence-electron chi connectivity index (χ1n) is 10.4. The van der Waals surface area contributed by atoms with Gasteiger partial charge >= 0.3 is 5.97 Å². The van der Waals surface area contributed by atoms with Crippen molar-refractivity contribution in [2.45, 2.75) is 62.9 Å². The van der Waals surface area contributed by atoms with Gasteiger partial charge in [0.25, 0.3) is 0 Å². The van der Waals surface area contributed by atoms with Gasteiger partial charge < -0.3 is 25.4 Å². The lowest BCUT2D eigenvalue weighted by atomic mass is 9.89. The summed E-state index contributed by atoms with van der Waals surface area (Å²) in [5, 5.41) is 20.5. The summed E-state index contributed by atoms with van der Waals surface area (Å²) in [5.74, 6) is -0.771. The highest BCUT2D eigenvalue weighted by Gasteiger charge is 2.43. The molecule has 7 nitrogen and oxygen atoms in total. The van der Waals surface area contributed by atoms with E-state index in [2.05, 4.69) is 4.98 Å². The van der Waals surface area contributed by atoms with Gasteiger partial charge in [0.2, 0.25) is 0 Å². The standard InChI is InChI=1S/C23H30N2O5/c24-21(16-29-15-17-7-3-1-4-8-17)23(28,22(26)27)14-18-13-20(11-12-25-18)30-19-9-5-2-6-10-19/h1,3-4,7-8,11-13,19,21,28H,2,5-6,9-10,14-16,24H2,(H,26,27)/t21-,23+/m0/s1. The van der Waals surface area contributed by atoms with Gasteiger partial charge in [-0.15, -0.1) is 0 Å². The van der Waals surface area contributed by atoms with Crippen molar-refractivity contribution in [1.29, 1.82) is 0 Å². The molecule has 0 unspecified atom stereocenters. The molecule has 1 heterocycles. The molecular formula is C23H30N2O5. The largest absolute Gasteiger partial charge is 0.490 e. The highest BCUT2D eigenvalue weighted by atomic mass is 16.5. The zero-order valence-corrected chi connectivity index (χ0v) is 17.1. The third kappa shape index (κ3) is 6.01. The normalized spacial score (nSPS) is 17.8. The number of carboxylic acids is 1. The summed E-state index contributed by atoms with van der Waals surface area (Å²) in [7, 11) is 0. The van der Waals surface area contributed by atoms with Gasteiger partial charge in [-0.05, 0) is 37.3 Å². The number of carboxylic acid groups (broad SMARTS) is 1. The summed E-state index contributed by atoms with van der Waals surface area (Å²) in [6.07, 6.45) is 7.06. The third-order valence-corrected chi connectivity index (χ3v) is 5.49. The molecule has 7 heteroatoms. The molecule has 0 aliphatic heterocycles. The second kappa shape index (κ2) is 10.5. The van der Waals surface area contributed by atoms with Gasteiger partial charge in [-0.25, -0.2) is 4.79 Å². The minimum Gasteiger partial charge on any atom is -0.490 e. The molecule has 162 valence electrons. The van der Waals surface area contributed by atoms with Crippen molar-refractivity contribution in [3.8, 4) is 5.75 Å². The first-order valence-corrected chi connectivity index (χ1v) is 10.4. The summed E-state index contributed by atoms with van der Waals surface area (Å²) < 4.78 is 11.6. The predicted molar refractivity (Wildman–Crippen MR) is 112 cm³/mol. The van der Waals surface area contributed by atoms with Crippen LogP contribution in [0.4, 0.5) is 0 Å². The molecule has 1 aliphatic carbocycles. The fraction of sp³-hybridized carbons (Fsp3) is 0.478. The molecule has 0 spiro atoms. The number of rotatable bonds is 10. The van der Waals surface area contributed by atoms with Crippen molar-refractivity contribution >= 4 is 5.97 Å². The van der Waals surface area contributed by atoms with Crippen LogP contribution in [0.25, 0.3) is 0 Å². The van der Waals surface area contributed by atoms with Crippen LogP contribution in [0.3, 0.4) is 0 Å². The minimum atomic E-state index is -2.20. The Balaban J connectivity index is 1.61. The Labute approximate surface area is 176 Å². The number of hydrogen-bond acceptors (Lipinski definition) is 6. The lowest BCUT2D eigenvalue weighted by molar-refractivity contribution is -0.162. The maximum Gasteiger partial charge on any atom is 0.337 e. The predicted octanol–water partition coefficient (Wildman–Crippen LogP) is 2.70. The van der Waals surface area contributed by atoms with Crippen LogP contribution < -0.4 is 10.5 Å². The monoisotopic (exact) mass is 414 g/mol. The van der Waals surface area contributed by atoms with Gasteiger partial charge in [0.05, 0.1) is 25.4 Å². The molecule has 1 aliphatic rings. The Bertz CT molecular complexity index is 810. The van der Waals surface area contributed by atoms with Crippen LogP contribution in [0.2, 0.25) is 0 Å². The summed E-state index contributed by atoms with van der Waals surface area (Å²) >= 11 is 0. The molecule has 0 saturated heterocycles. The molecule has 2 atom stereocenters. The lowest BCUT2D eigenvalue weighted by Crippen LogP contribution is -2.57.